The average Bonchev–Trinajstić information content (AvgIpc) is 2.39. The van der Waals surface area contributed by atoms with Crippen LogP contribution in [0.5, 0.6) is 0 Å². The molecule has 0 saturated heterocycles. The Morgan fingerprint density at radius 2 is 1.39 bits per heavy atom. The van der Waals surface area contributed by atoms with Crippen molar-refractivity contribution >= 4 is 9.28 Å². The van der Waals surface area contributed by atoms with Gasteiger partial charge in [-0.2, -0.15) is 0 Å². The van der Waals surface area contributed by atoms with Gasteiger partial charge >= 0.3 is 9.28 Å². The number of nitrogens with zero attached hydrogens (tertiary/aromatic N) is 1. The first kappa shape index (κ1) is 18.1. The van der Waals surface area contributed by atoms with Crippen molar-refractivity contribution in [2.24, 2.45) is 0 Å². The minimum Gasteiger partial charge on any atom is -0.399 e. The average molecular weight is 276 g/mol. The van der Waals surface area contributed by atoms with Gasteiger partial charge in [0.1, 0.15) is 0 Å². The normalized spacial score (nSPS) is 13.5. The van der Waals surface area contributed by atoms with E-state index in [1.807, 2.05) is 0 Å². The van der Waals surface area contributed by atoms with Gasteiger partial charge in [0.05, 0.1) is 5.67 Å². The van der Waals surface area contributed by atoms with Gasteiger partial charge < -0.3 is 8.85 Å². The molecule has 110 valence electrons. The summed E-state index contributed by atoms with van der Waals surface area (Å²) in [6.45, 7) is 9.15. The van der Waals surface area contributed by atoms with E-state index >= 15 is 0 Å². The molecule has 0 heterocycles. The van der Waals surface area contributed by atoms with Crippen molar-refractivity contribution < 1.29 is 8.85 Å². The number of hydrogen-bond donors (Lipinski definition) is 0. The molecule has 0 radical (unpaired) electrons. The molecular weight excluding hydrogens is 242 g/mol. The number of hydrogen-bond acceptors (Lipinski definition) is 3. The number of unbranched alkanes of at least 4 members (excludes halogenated alkanes) is 2. The number of rotatable bonds is 12. The minimum atomic E-state index is -1.54. The minimum absolute atomic E-state index is 0.531. The van der Waals surface area contributed by atoms with Crippen LogP contribution in [-0.4, -0.2) is 47.2 Å². The molecule has 0 aliphatic rings. The summed E-state index contributed by atoms with van der Waals surface area (Å²) in [6, 6.07) is 0. The maximum atomic E-state index is 5.63. The van der Waals surface area contributed by atoms with Crippen LogP contribution in [0.3, 0.4) is 0 Å². The second-order valence-electron chi connectivity index (χ2n) is 4.94. The molecule has 1 atom stereocenters. The highest BCUT2D eigenvalue weighted by molar-refractivity contribution is 6.46. The molecule has 0 N–H and O–H groups in total. The van der Waals surface area contributed by atoms with Gasteiger partial charge in [-0.15, -0.1) is 0 Å². The highest BCUT2D eigenvalue weighted by atomic mass is 28.3. The first-order chi connectivity index (χ1) is 8.74. The molecule has 0 aromatic carbocycles. The lowest BCUT2D eigenvalue weighted by molar-refractivity contribution is 0.170. The molecule has 0 saturated carbocycles. The van der Waals surface area contributed by atoms with E-state index in [4.69, 9.17) is 8.85 Å². The van der Waals surface area contributed by atoms with Crippen molar-refractivity contribution in [1.82, 2.24) is 4.90 Å². The molecule has 0 fully saturated rings. The molecule has 0 aromatic rings. The predicted molar refractivity (Wildman–Crippen MR) is 81.3 cm³/mol. The van der Waals surface area contributed by atoms with E-state index < -0.39 is 9.28 Å². The Balaban J connectivity index is 4.58. The molecule has 0 aromatic heterocycles. The third kappa shape index (κ3) is 6.88. The fourth-order valence-electron chi connectivity index (χ4n) is 2.36. The Morgan fingerprint density at radius 1 is 0.889 bits per heavy atom. The largest absolute Gasteiger partial charge is 0.399 e. The molecule has 0 spiro atoms. The quantitative estimate of drug-likeness (QED) is 0.511. The second-order valence-corrected chi connectivity index (χ2v) is 7.39. The van der Waals surface area contributed by atoms with Crippen molar-refractivity contribution in [3.63, 3.8) is 0 Å². The third-order valence-electron chi connectivity index (χ3n) is 3.43. The van der Waals surface area contributed by atoms with E-state index in [2.05, 4.69) is 25.7 Å². The van der Waals surface area contributed by atoms with E-state index in [0.29, 0.717) is 5.67 Å². The Morgan fingerprint density at radius 3 is 1.72 bits per heavy atom. The maximum Gasteiger partial charge on any atom is 0.338 e. The predicted octanol–water partition coefficient (Wildman–Crippen LogP) is 3.11. The SMILES string of the molecule is CCCCN(CCCC)C(CCC)[SiH](OC)OC. The fraction of sp³-hybridized carbons (Fsp3) is 1.00. The van der Waals surface area contributed by atoms with Crippen LogP contribution in [0.2, 0.25) is 0 Å². The highest BCUT2D eigenvalue weighted by Crippen LogP contribution is 2.14. The molecule has 4 heteroatoms. The monoisotopic (exact) mass is 275 g/mol. The van der Waals surface area contributed by atoms with Gasteiger partial charge in [-0.05, 0) is 32.4 Å². The van der Waals surface area contributed by atoms with Gasteiger partial charge in [0.15, 0.2) is 0 Å². The van der Waals surface area contributed by atoms with E-state index in [9.17, 15) is 0 Å². The fourth-order valence-corrected chi connectivity index (χ4v) is 4.43. The van der Waals surface area contributed by atoms with Crippen molar-refractivity contribution in [3.8, 4) is 0 Å². The summed E-state index contributed by atoms with van der Waals surface area (Å²) in [6.07, 6.45) is 7.47. The van der Waals surface area contributed by atoms with Crippen LogP contribution in [0.4, 0.5) is 0 Å². The van der Waals surface area contributed by atoms with Gasteiger partial charge in [-0.3, -0.25) is 4.90 Å². The summed E-state index contributed by atoms with van der Waals surface area (Å²) in [4.78, 5) is 2.63. The topological polar surface area (TPSA) is 21.7 Å². The van der Waals surface area contributed by atoms with E-state index in [1.165, 1.54) is 51.6 Å². The molecule has 0 amide bonds. The zero-order valence-electron chi connectivity index (χ0n) is 13.1. The van der Waals surface area contributed by atoms with Crippen LogP contribution in [0, 0.1) is 0 Å². The third-order valence-corrected chi connectivity index (χ3v) is 5.74. The Kier molecular flexibility index (Phi) is 12.2. The lowest BCUT2D eigenvalue weighted by Crippen LogP contribution is -2.49. The van der Waals surface area contributed by atoms with Crippen molar-refractivity contribution in [2.45, 2.75) is 65.0 Å². The van der Waals surface area contributed by atoms with E-state index in [1.54, 1.807) is 14.2 Å². The van der Waals surface area contributed by atoms with Gasteiger partial charge in [-0.1, -0.05) is 40.0 Å². The van der Waals surface area contributed by atoms with E-state index in [-0.39, 0.29) is 0 Å². The molecule has 1 unspecified atom stereocenters. The van der Waals surface area contributed by atoms with Crippen LogP contribution in [0.25, 0.3) is 0 Å². The van der Waals surface area contributed by atoms with Crippen LogP contribution >= 0.6 is 0 Å². The lowest BCUT2D eigenvalue weighted by atomic mass is 10.2. The Bertz CT molecular complexity index is 169. The first-order valence-electron chi connectivity index (χ1n) is 7.54. The van der Waals surface area contributed by atoms with Gasteiger partial charge in [0.2, 0.25) is 0 Å². The first-order valence-corrected chi connectivity index (χ1v) is 9.15. The summed E-state index contributed by atoms with van der Waals surface area (Å²) in [7, 11) is 2.07. The Hall–Kier alpha value is 0.0969. The van der Waals surface area contributed by atoms with Crippen molar-refractivity contribution in [1.29, 1.82) is 0 Å². The van der Waals surface area contributed by atoms with Gasteiger partial charge in [-0.25, -0.2) is 0 Å². The van der Waals surface area contributed by atoms with Gasteiger partial charge in [0, 0.05) is 14.2 Å². The summed E-state index contributed by atoms with van der Waals surface area (Å²) in [5, 5.41) is 0. The van der Waals surface area contributed by atoms with Gasteiger partial charge in [0.25, 0.3) is 0 Å². The molecular formula is C14H33NO2Si. The molecule has 0 rings (SSSR count). The van der Waals surface area contributed by atoms with E-state index in [0.717, 1.165) is 0 Å². The van der Waals surface area contributed by atoms with Crippen LogP contribution < -0.4 is 0 Å². The zero-order chi connectivity index (χ0) is 13.8. The summed E-state index contributed by atoms with van der Waals surface area (Å²) in [5.41, 5.74) is 0.531. The second kappa shape index (κ2) is 12.1. The summed E-state index contributed by atoms with van der Waals surface area (Å²) in [5.74, 6) is 0. The summed E-state index contributed by atoms with van der Waals surface area (Å²) < 4.78 is 11.3. The van der Waals surface area contributed by atoms with Crippen LogP contribution in [0.15, 0.2) is 0 Å². The molecule has 0 bridgehead atoms. The Labute approximate surface area is 116 Å². The molecule has 3 nitrogen and oxygen atoms in total. The van der Waals surface area contributed by atoms with Crippen molar-refractivity contribution in [2.75, 3.05) is 27.3 Å². The van der Waals surface area contributed by atoms with Crippen molar-refractivity contribution in [3.05, 3.63) is 0 Å². The zero-order valence-corrected chi connectivity index (χ0v) is 14.2. The molecule has 0 aliphatic heterocycles. The van der Waals surface area contributed by atoms with Crippen LogP contribution in [-0.2, 0) is 8.85 Å². The molecule has 18 heavy (non-hydrogen) atoms. The highest BCUT2D eigenvalue weighted by Gasteiger charge is 2.28. The standard InChI is InChI=1S/C14H33NO2Si/c1-6-9-12-15(13-10-7-2)14(11-8-3)18(16-4)17-5/h14,18H,6-13H2,1-5H3. The molecule has 0 aliphatic carbocycles. The van der Waals surface area contributed by atoms with Crippen LogP contribution in [0.1, 0.15) is 59.3 Å². The lowest BCUT2D eigenvalue weighted by Gasteiger charge is -2.34. The maximum absolute atomic E-state index is 5.63. The smallest absolute Gasteiger partial charge is 0.338 e. The summed E-state index contributed by atoms with van der Waals surface area (Å²) >= 11 is 0.